The first kappa shape index (κ1) is 30.6. The summed E-state index contributed by atoms with van der Waals surface area (Å²) in [5.74, 6) is 0. The molecule has 0 radical (unpaired) electrons. The summed E-state index contributed by atoms with van der Waals surface area (Å²) in [6.45, 7) is 21.6. The zero-order chi connectivity index (χ0) is 21.6. The van der Waals surface area contributed by atoms with Crippen molar-refractivity contribution in [1.29, 1.82) is 0 Å². The van der Waals surface area contributed by atoms with Gasteiger partial charge in [-0.15, -0.1) is 24.8 Å². The van der Waals surface area contributed by atoms with Crippen LogP contribution in [0.25, 0.3) is 0 Å². The van der Waals surface area contributed by atoms with Crippen molar-refractivity contribution in [2.45, 2.75) is 103 Å². The van der Waals surface area contributed by atoms with E-state index in [0.29, 0.717) is 0 Å². The van der Waals surface area contributed by atoms with Crippen LogP contribution in [-0.4, -0.2) is 6.94 Å². The Balaban J connectivity index is 0.00000420. The normalized spacial score (nSPS) is 18.2. The van der Waals surface area contributed by atoms with Crippen LogP contribution < -0.4 is 0 Å². The topological polar surface area (TPSA) is 0 Å². The molecule has 0 N–H and O–H groups in total. The minimum atomic E-state index is -3.32. The molecule has 0 heterocycles. The van der Waals surface area contributed by atoms with E-state index < -0.39 is 17.1 Å². The van der Waals surface area contributed by atoms with Crippen LogP contribution in [-0.2, 0) is 17.1 Å². The fraction of sp³-hybridized carbons (Fsp3) is 0.692. The molecule has 0 atom stereocenters. The fourth-order valence-electron chi connectivity index (χ4n) is 5.03. The van der Waals surface area contributed by atoms with Crippen molar-refractivity contribution >= 4 is 31.8 Å². The first-order chi connectivity index (χ1) is 12.6. The average Bonchev–Trinajstić information content (AvgIpc) is 3.12. The molecule has 0 amide bonds. The molecule has 0 aromatic rings. The zero-order valence-corrected chi connectivity index (χ0v) is 28.1. The van der Waals surface area contributed by atoms with Gasteiger partial charge in [0, 0.05) is 0 Å². The van der Waals surface area contributed by atoms with E-state index in [1.54, 1.807) is 22.3 Å². The number of hydrogen-bond donors (Lipinski definition) is 0. The molecule has 0 nitrogen and oxygen atoms in total. The van der Waals surface area contributed by atoms with Gasteiger partial charge in [0.15, 0.2) is 0 Å². The third kappa shape index (κ3) is 6.36. The molecule has 2 aliphatic carbocycles. The van der Waals surface area contributed by atoms with E-state index in [0.717, 1.165) is 0 Å². The van der Waals surface area contributed by atoms with Gasteiger partial charge in [0.1, 0.15) is 0 Å². The molecule has 0 saturated heterocycles. The molecular formula is C26H48Cl2HfSi. The van der Waals surface area contributed by atoms with Gasteiger partial charge in [0.2, 0.25) is 0 Å². The molecule has 174 valence electrons. The van der Waals surface area contributed by atoms with E-state index in [4.69, 9.17) is 0 Å². The third-order valence-electron chi connectivity index (χ3n) is 7.11. The maximum Gasteiger partial charge on any atom is -0.147 e. The third-order valence-corrected chi connectivity index (χ3v) is 31.6. The second kappa shape index (κ2) is 10.3. The maximum atomic E-state index is 2.75. The first-order valence-corrected chi connectivity index (χ1v) is 30.7. The number of halogens is 2. The predicted molar refractivity (Wildman–Crippen MR) is 143 cm³/mol. The van der Waals surface area contributed by atoms with Gasteiger partial charge in [0.05, 0.1) is 0 Å². The summed E-state index contributed by atoms with van der Waals surface area (Å²) in [7, 11) is 0. The van der Waals surface area contributed by atoms with Crippen molar-refractivity contribution in [3.8, 4) is 0 Å². The Morgan fingerprint density at radius 2 is 1.03 bits per heavy atom. The minimum Gasteiger partial charge on any atom is -0.147 e. The zero-order valence-electron chi connectivity index (χ0n) is 21.4. The van der Waals surface area contributed by atoms with E-state index in [9.17, 15) is 0 Å². The molecule has 4 heteroatoms. The molecule has 0 aromatic heterocycles. The van der Waals surface area contributed by atoms with Crippen LogP contribution in [0.3, 0.4) is 0 Å². The Labute approximate surface area is 202 Å². The standard InChI is InChI=1S/2C12H19.2CH3.2ClH.Hf.H2Si/c2*1-5-6-10-7-8-11(9-10)12(2,3)4;;;;;;/h2*9H,5-6,8H2,1-4H3;2*1H3;2*1H;;1H2. The smallest absolute Gasteiger partial charge is 0.147 e. The summed E-state index contributed by atoms with van der Waals surface area (Å²) in [5, 5.41) is 0. The van der Waals surface area contributed by atoms with Gasteiger partial charge in [0.25, 0.3) is 0 Å². The minimum absolute atomic E-state index is 0. The van der Waals surface area contributed by atoms with Crippen molar-refractivity contribution in [3.63, 3.8) is 0 Å². The average molecular weight is 638 g/mol. The van der Waals surface area contributed by atoms with Crippen molar-refractivity contribution in [3.05, 3.63) is 41.1 Å². The van der Waals surface area contributed by atoms with Crippen LogP contribution in [0, 0.1) is 10.8 Å². The Morgan fingerprint density at radius 1 is 0.733 bits per heavy atom. The van der Waals surface area contributed by atoms with Crippen LogP contribution in [0.4, 0.5) is 0 Å². The second-order valence-electron chi connectivity index (χ2n) is 12.4. The van der Waals surface area contributed by atoms with Crippen molar-refractivity contribution in [1.82, 2.24) is 0 Å². The molecular weight excluding hydrogens is 590 g/mol. The van der Waals surface area contributed by atoms with Crippen LogP contribution in [0.5, 0.6) is 0 Å². The molecule has 30 heavy (non-hydrogen) atoms. The summed E-state index contributed by atoms with van der Waals surface area (Å²) in [6.07, 6.45) is 12.8. The van der Waals surface area contributed by atoms with Gasteiger partial charge in [-0.1, -0.05) is 0 Å². The van der Waals surface area contributed by atoms with Crippen molar-refractivity contribution in [2.75, 3.05) is 0 Å². The van der Waals surface area contributed by atoms with Gasteiger partial charge in [-0.2, -0.15) is 0 Å². The summed E-state index contributed by atoms with van der Waals surface area (Å²) in [4.78, 5) is 0. The van der Waals surface area contributed by atoms with Crippen molar-refractivity contribution in [2.24, 2.45) is 10.8 Å². The largest absolute Gasteiger partial charge is 0.147 e. The van der Waals surface area contributed by atoms with Gasteiger partial charge < -0.3 is 0 Å². The fourth-order valence-corrected chi connectivity index (χ4v) is 26.4. The van der Waals surface area contributed by atoms with E-state index in [-0.39, 0.29) is 35.6 Å². The molecule has 0 fully saturated rings. The van der Waals surface area contributed by atoms with E-state index in [1.165, 1.54) is 38.5 Å². The van der Waals surface area contributed by atoms with Gasteiger partial charge in [-0.3, -0.25) is 0 Å². The van der Waals surface area contributed by atoms with Gasteiger partial charge in [-0.25, -0.2) is 0 Å². The molecule has 0 saturated carbocycles. The number of rotatable bonds is 6. The van der Waals surface area contributed by atoms with E-state index >= 15 is 0 Å². The van der Waals surface area contributed by atoms with Crippen molar-refractivity contribution < 1.29 is 17.1 Å². The molecule has 2 aliphatic rings. The van der Waals surface area contributed by atoms with Crippen LogP contribution >= 0.6 is 24.8 Å². The van der Waals surface area contributed by atoms with E-state index in [2.05, 4.69) is 83.8 Å². The molecule has 0 aliphatic heterocycles. The quantitative estimate of drug-likeness (QED) is 0.255. The van der Waals surface area contributed by atoms with Crippen LogP contribution in [0.15, 0.2) is 41.1 Å². The molecule has 0 spiro atoms. The molecule has 0 unspecified atom stereocenters. The van der Waals surface area contributed by atoms with Gasteiger partial charge >= 0.3 is 179 Å². The Morgan fingerprint density at radius 3 is 1.27 bits per heavy atom. The number of allylic oxidation sites excluding steroid dienone is 8. The van der Waals surface area contributed by atoms with Gasteiger partial charge in [-0.05, 0) is 0 Å². The van der Waals surface area contributed by atoms with Crippen LogP contribution in [0.1, 0.15) is 93.9 Å². The first-order valence-electron chi connectivity index (χ1n) is 11.5. The molecule has 0 aromatic carbocycles. The summed E-state index contributed by atoms with van der Waals surface area (Å²) < 4.78 is 9.33. The second-order valence-corrected chi connectivity index (χ2v) is 53.4. The summed E-state index contributed by atoms with van der Waals surface area (Å²) in [6, 6.07) is 0. The molecule has 0 bridgehead atoms. The monoisotopic (exact) mass is 638 g/mol. The Kier molecular flexibility index (Phi) is 10.5. The summed E-state index contributed by atoms with van der Waals surface area (Å²) >= 11 is -3.32. The summed E-state index contributed by atoms with van der Waals surface area (Å²) in [5.41, 5.74) is 7.35. The Bertz CT molecular complexity index is 769. The van der Waals surface area contributed by atoms with Crippen LogP contribution in [0.2, 0.25) is 9.36 Å². The SMILES string of the molecule is CCCC1=[C]([Hf]([CH3])([CH3])(=[SiH2])[C]2=C(CCC)C=C(C(C)(C)C)C2)CC(C(C)(C)C)=C1.Cl.Cl. The molecule has 2 rings (SSSR count). The Hall–Kier alpha value is 0.627. The maximum absolute atomic E-state index is 3.32. The van der Waals surface area contributed by atoms with E-state index in [1.807, 2.05) is 6.66 Å². The predicted octanol–water partition coefficient (Wildman–Crippen LogP) is 9.02. The number of hydrogen-bond acceptors (Lipinski definition) is 0.